The average molecular weight is 386 g/mol. The van der Waals surface area contributed by atoms with Crippen molar-refractivity contribution >= 4 is 5.69 Å². The Labute approximate surface area is 178 Å². The van der Waals surface area contributed by atoms with Crippen molar-refractivity contribution in [1.82, 2.24) is 0 Å². The highest BCUT2D eigenvalue weighted by molar-refractivity contribution is 5.67. The van der Waals surface area contributed by atoms with Gasteiger partial charge in [0.15, 0.2) is 0 Å². The maximum atomic E-state index is 3.56. The standard InChI is InChI=1S/C29H23N/c1-3-9-23(10-4-1)15-20-29-28-14-8-7-13-26(28)21-22-30(29)27-18-16-25(17-19-27)24-11-5-2-6-12-24/h1-14,16-19,29H,21-22H2. The van der Waals surface area contributed by atoms with Gasteiger partial charge in [0, 0.05) is 17.8 Å². The van der Waals surface area contributed by atoms with Gasteiger partial charge in [0.2, 0.25) is 0 Å². The summed E-state index contributed by atoms with van der Waals surface area (Å²) < 4.78 is 0. The van der Waals surface area contributed by atoms with E-state index in [1.807, 2.05) is 18.2 Å². The summed E-state index contributed by atoms with van der Waals surface area (Å²) in [5, 5.41) is 0. The molecule has 0 saturated heterocycles. The van der Waals surface area contributed by atoms with Gasteiger partial charge in [-0.25, -0.2) is 0 Å². The summed E-state index contributed by atoms with van der Waals surface area (Å²) in [6.07, 6.45) is 1.04. The molecular weight excluding hydrogens is 362 g/mol. The summed E-state index contributed by atoms with van der Waals surface area (Å²) in [5.41, 5.74) is 7.48. The summed E-state index contributed by atoms with van der Waals surface area (Å²) in [7, 11) is 0. The third-order valence-electron chi connectivity index (χ3n) is 5.72. The molecule has 0 N–H and O–H groups in total. The van der Waals surface area contributed by atoms with E-state index in [1.165, 1.54) is 27.9 Å². The summed E-state index contributed by atoms with van der Waals surface area (Å²) in [6.45, 7) is 0.968. The lowest BCUT2D eigenvalue weighted by Crippen LogP contribution is -2.34. The van der Waals surface area contributed by atoms with Gasteiger partial charge in [-0.15, -0.1) is 0 Å². The zero-order valence-corrected chi connectivity index (χ0v) is 16.8. The van der Waals surface area contributed by atoms with Crippen molar-refractivity contribution in [2.45, 2.75) is 12.5 Å². The molecule has 4 aromatic carbocycles. The van der Waals surface area contributed by atoms with Crippen molar-refractivity contribution in [3.63, 3.8) is 0 Å². The van der Waals surface area contributed by atoms with E-state index in [0.29, 0.717) is 0 Å². The molecule has 30 heavy (non-hydrogen) atoms. The van der Waals surface area contributed by atoms with E-state index in [9.17, 15) is 0 Å². The molecule has 1 heteroatoms. The van der Waals surface area contributed by atoms with E-state index in [4.69, 9.17) is 0 Å². The summed E-state index contributed by atoms with van der Waals surface area (Å²) in [4.78, 5) is 2.44. The van der Waals surface area contributed by atoms with Crippen LogP contribution >= 0.6 is 0 Å². The van der Waals surface area contributed by atoms with Gasteiger partial charge >= 0.3 is 0 Å². The second kappa shape index (κ2) is 8.31. The highest BCUT2D eigenvalue weighted by atomic mass is 15.2. The van der Waals surface area contributed by atoms with Gasteiger partial charge < -0.3 is 4.90 Å². The predicted molar refractivity (Wildman–Crippen MR) is 125 cm³/mol. The molecule has 1 atom stereocenters. The third kappa shape index (κ3) is 3.73. The molecule has 1 nitrogen and oxygen atoms in total. The number of anilines is 1. The molecule has 4 aromatic rings. The summed E-state index contributed by atoms with van der Waals surface area (Å²) in [5.74, 6) is 6.97. The quantitative estimate of drug-likeness (QED) is 0.356. The first-order valence-electron chi connectivity index (χ1n) is 10.4. The van der Waals surface area contributed by atoms with Crippen LogP contribution in [-0.2, 0) is 6.42 Å². The van der Waals surface area contributed by atoms with Crippen molar-refractivity contribution in [3.8, 4) is 23.0 Å². The van der Waals surface area contributed by atoms with Crippen molar-refractivity contribution < 1.29 is 0 Å². The van der Waals surface area contributed by atoms with Crippen LogP contribution in [-0.4, -0.2) is 6.54 Å². The Morgan fingerprint density at radius 3 is 2.03 bits per heavy atom. The lowest BCUT2D eigenvalue weighted by atomic mass is 9.92. The lowest BCUT2D eigenvalue weighted by Gasteiger charge is -2.36. The Balaban J connectivity index is 1.51. The SMILES string of the molecule is C(#CC1c2ccccc2CCN1c1ccc(-c2ccccc2)cc1)c1ccccc1. The van der Waals surface area contributed by atoms with Crippen molar-refractivity contribution in [2.24, 2.45) is 0 Å². The van der Waals surface area contributed by atoms with Crippen LogP contribution in [0, 0.1) is 11.8 Å². The minimum atomic E-state index is 0.0535. The fourth-order valence-corrected chi connectivity index (χ4v) is 4.15. The first-order valence-corrected chi connectivity index (χ1v) is 10.4. The number of benzene rings is 4. The molecule has 0 radical (unpaired) electrons. The molecule has 1 unspecified atom stereocenters. The molecule has 1 aliphatic heterocycles. The van der Waals surface area contributed by atoms with Crippen LogP contribution in [0.4, 0.5) is 5.69 Å². The largest absolute Gasteiger partial charge is 0.353 e. The first-order chi connectivity index (χ1) is 14.9. The van der Waals surface area contributed by atoms with Crippen molar-refractivity contribution in [3.05, 3.63) is 126 Å². The summed E-state index contributed by atoms with van der Waals surface area (Å²) in [6, 6.07) is 38.4. The fraction of sp³-hybridized carbons (Fsp3) is 0.103. The topological polar surface area (TPSA) is 3.24 Å². The Hall–Kier alpha value is -3.76. The average Bonchev–Trinajstić information content (AvgIpc) is 2.84. The maximum Gasteiger partial charge on any atom is 0.117 e. The van der Waals surface area contributed by atoms with Crippen LogP contribution in [0.25, 0.3) is 11.1 Å². The van der Waals surface area contributed by atoms with Gasteiger partial charge in [0.25, 0.3) is 0 Å². The van der Waals surface area contributed by atoms with Gasteiger partial charge in [-0.2, -0.15) is 0 Å². The number of nitrogens with zero attached hydrogens (tertiary/aromatic N) is 1. The zero-order valence-electron chi connectivity index (χ0n) is 16.8. The van der Waals surface area contributed by atoms with Gasteiger partial charge in [0.05, 0.1) is 0 Å². The third-order valence-corrected chi connectivity index (χ3v) is 5.72. The number of hydrogen-bond acceptors (Lipinski definition) is 1. The smallest absolute Gasteiger partial charge is 0.117 e. The molecule has 144 valence electrons. The Bertz CT molecular complexity index is 1180. The van der Waals surface area contributed by atoms with Crippen molar-refractivity contribution in [1.29, 1.82) is 0 Å². The van der Waals surface area contributed by atoms with Crippen LogP contribution in [0.3, 0.4) is 0 Å². The molecule has 1 heterocycles. The Morgan fingerprint density at radius 2 is 1.27 bits per heavy atom. The van der Waals surface area contributed by atoms with E-state index >= 15 is 0 Å². The van der Waals surface area contributed by atoms with Gasteiger partial charge in [-0.1, -0.05) is 96.8 Å². The molecule has 0 aromatic heterocycles. The molecule has 0 aliphatic carbocycles. The summed E-state index contributed by atoms with van der Waals surface area (Å²) >= 11 is 0. The van der Waals surface area contributed by atoms with Gasteiger partial charge in [0.1, 0.15) is 6.04 Å². The maximum absolute atomic E-state index is 3.56. The Morgan fingerprint density at radius 1 is 0.633 bits per heavy atom. The molecule has 0 saturated carbocycles. The first kappa shape index (κ1) is 18.3. The van der Waals surface area contributed by atoms with E-state index in [0.717, 1.165) is 18.5 Å². The highest BCUT2D eigenvalue weighted by Crippen LogP contribution is 2.34. The molecule has 0 amide bonds. The molecule has 0 spiro atoms. The van der Waals surface area contributed by atoms with Crippen molar-refractivity contribution in [2.75, 3.05) is 11.4 Å². The van der Waals surface area contributed by atoms with E-state index in [-0.39, 0.29) is 6.04 Å². The van der Waals surface area contributed by atoms with E-state index in [1.54, 1.807) is 0 Å². The van der Waals surface area contributed by atoms with E-state index in [2.05, 4.69) is 108 Å². The van der Waals surface area contributed by atoms with Gasteiger partial charge in [-0.3, -0.25) is 0 Å². The highest BCUT2D eigenvalue weighted by Gasteiger charge is 2.26. The molecule has 0 bridgehead atoms. The van der Waals surface area contributed by atoms with Crippen LogP contribution in [0.5, 0.6) is 0 Å². The minimum Gasteiger partial charge on any atom is -0.353 e. The van der Waals surface area contributed by atoms with Gasteiger partial charge in [-0.05, 0) is 52.9 Å². The molecule has 0 fully saturated rings. The molecule has 5 rings (SSSR count). The predicted octanol–water partition coefficient (Wildman–Crippen LogP) is 6.51. The lowest BCUT2D eigenvalue weighted by molar-refractivity contribution is 0.682. The normalized spacial score (nSPS) is 15.1. The molecule has 1 aliphatic rings. The Kier molecular flexibility index (Phi) is 5.06. The molecular formula is C29H23N. The van der Waals surface area contributed by atoms with Crippen LogP contribution in [0.15, 0.2) is 109 Å². The van der Waals surface area contributed by atoms with Crippen LogP contribution < -0.4 is 4.90 Å². The van der Waals surface area contributed by atoms with Crippen LogP contribution in [0.2, 0.25) is 0 Å². The second-order valence-electron chi connectivity index (χ2n) is 7.59. The van der Waals surface area contributed by atoms with Crippen LogP contribution in [0.1, 0.15) is 22.7 Å². The second-order valence-corrected chi connectivity index (χ2v) is 7.59. The monoisotopic (exact) mass is 385 g/mol. The number of fused-ring (bicyclic) bond motifs is 1. The van der Waals surface area contributed by atoms with E-state index < -0.39 is 0 Å². The minimum absolute atomic E-state index is 0.0535. The number of rotatable bonds is 2. The zero-order chi connectivity index (χ0) is 20.2. The number of hydrogen-bond donors (Lipinski definition) is 0. The fourth-order valence-electron chi connectivity index (χ4n) is 4.15.